The summed E-state index contributed by atoms with van der Waals surface area (Å²) in [5.74, 6) is 2.21. The first-order valence-electron chi connectivity index (χ1n) is 5.60. The van der Waals surface area contributed by atoms with Crippen molar-refractivity contribution < 1.29 is 9.47 Å². The molecule has 0 bridgehead atoms. The van der Waals surface area contributed by atoms with Crippen molar-refractivity contribution >= 4 is 23.1 Å². The van der Waals surface area contributed by atoms with Crippen LogP contribution in [0.25, 0.3) is 0 Å². The zero-order valence-electron chi connectivity index (χ0n) is 9.52. The minimum absolute atomic E-state index is 0.456. The lowest BCUT2D eigenvalue weighted by molar-refractivity contribution is 0.171. The molecule has 0 spiro atoms. The van der Waals surface area contributed by atoms with Crippen LogP contribution in [-0.2, 0) is 0 Å². The highest BCUT2D eigenvalue weighted by atomic mass is 35.5. The number of ether oxygens (including phenoxy) is 2. The number of benzene rings is 1. The number of halogens is 1. The van der Waals surface area contributed by atoms with E-state index in [9.17, 15) is 0 Å². The summed E-state index contributed by atoms with van der Waals surface area (Å²) in [7, 11) is 0. The van der Waals surface area contributed by atoms with Gasteiger partial charge in [-0.05, 0) is 24.3 Å². The molecule has 0 saturated carbocycles. The monoisotopic (exact) mass is 262 g/mol. The van der Waals surface area contributed by atoms with E-state index >= 15 is 0 Å². The smallest absolute Gasteiger partial charge is 0.163 e. The maximum Gasteiger partial charge on any atom is 0.163 e. The highest BCUT2D eigenvalue weighted by Crippen LogP contribution is 2.33. The molecule has 3 rings (SSSR count). The number of hydrogen-bond acceptors (Lipinski definition) is 4. The van der Waals surface area contributed by atoms with Crippen LogP contribution < -0.4 is 14.8 Å². The van der Waals surface area contributed by atoms with Crippen molar-refractivity contribution in [2.45, 2.75) is 0 Å². The molecule has 0 saturated heterocycles. The fourth-order valence-corrected chi connectivity index (χ4v) is 1.91. The summed E-state index contributed by atoms with van der Waals surface area (Å²) in [6.07, 6.45) is 0. The molecule has 1 aliphatic heterocycles. The number of nitrogens with one attached hydrogen (secondary N) is 1. The van der Waals surface area contributed by atoms with Crippen LogP contribution in [0, 0.1) is 0 Å². The third-order valence-electron chi connectivity index (χ3n) is 2.53. The van der Waals surface area contributed by atoms with Gasteiger partial charge >= 0.3 is 0 Å². The maximum atomic E-state index is 5.83. The SMILES string of the molecule is Clc1cccc(Nc2ccc3c(c2)OCCO3)n1. The van der Waals surface area contributed by atoms with Gasteiger partial charge in [0.05, 0.1) is 0 Å². The zero-order valence-corrected chi connectivity index (χ0v) is 10.3. The Labute approximate surface area is 110 Å². The molecule has 2 heterocycles. The van der Waals surface area contributed by atoms with Crippen molar-refractivity contribution in [1.29, 1.82) is 0 Å². The van der Waals surface area contributed by atoms with E-state index in [2.05, 4.69) is 10.3 Å². The van der Waals surface area contributed by atoms with Crippen LogP contribution in [0.5, 0.6) is 11.5 Å². The Bertz CT molecular complexity index is 575. The quantitative estimate of drug-likeness (QED) is 0.844. The Morgan fingerprint density at radius 1 is 1.06 bits per heavy atom. The number of aromatic nitrogens is 1. The number of pyridine rings is 1. The first-order chi connectivity index (χ1) is 8.81. The van der Waals surface area contributed by atoms with Gasteiger partial charge in [0.25, 0.3) is 0 Å². The van der Waals surface area contributed by atoms with Crippen LogP contribution in [0.2, 0.25) is 5.15 Å². The maximum absolute atomic E-state index is 5.83. The summed E-state index contributed by atoms with van der Waals surface area (Å²) in [6.45, 7) is 1.17. The standard InChI is InChI=1S/C13H11ClN2O2/c14-12-2-1-3-13(16-12)15-9-4-5-10-11(8-9)18-7-6-17-10/h1-5,8H,6-7H2,(H,15,16). The second-order valence-electron chi connectivity index (χ2n) is 3.83. The van der Waals surface area contributed by atoms with Crippen LogP contribution in [-0.4, -0.2) is 18.2 Å². The van der Waals surface area contributed by atoms with Crippen molar-refractivity contribution in [3.8, 4) is 11.5 Å². The molecule has 0 aliphatic carbocycles. The van der Waals surface area contributed by atoms with Gasteiger partial charge in [0.15, 0.2) is 11.5 Å². The molecular formula is C13H11ClN2O2. The predicted octanol–water partition coefficient (Wildman–Crippen LogP) is 3.25. The van der Waals surface area contributed by atoms with Gasteiger partial charge in [-0.2, -0.15) is 0 Å². The van der Waals surface area contributed by atoms with E-state index in [1.165, 1.54) is 0 Å². The highest BCUT2D eigenvalue weighted by molar-refractivity contribution is 6.29. The van der Waals surface area contributed by atoms with E-state index in [0.717, 1.165) is 17.2 Å². The molecule has 0 radical (unpaired) electrons. The average Bonchev–Trinajstić information content (AvgIpc) is 2.39. The Balaban J connectivity index is 1.85. The number of hydrogen-bond donors (Lipinski definition) is 1. The summed E-state index contributed by atoms with van der Waals surface area (Å²) in [5.41, 5.74) is 0.883. The molecule has 2 aromatic rings. The van der Waals surface area contributed by atoms with E-state index in [1.54, 1.807) is 6.07 Å². The zero-order chi connectivity index (χ0) is 12.4. The van der Waals surface area contributed by atoms with E-state index in [0.29, 0.717) is 24.2 Å². The van der Waals surface area contributed by atoms with Gasteiger partial charge in [-0.1, -0.05) is 17.7 Å². The van der Waals surface area contributed by atoms with Gasteiger partial charge in [-0.15, -0.1) is 0 Å². The molecule has 0 unspecified atom stereocenters. The lowest BCUT2D eigenvalue weighted by Crippen LogP contribution is -2.15. The fraction of sp³-hybridized carbons (Fsp3) is 0.154. The van der Waals surface area contributed by atoms with Crippen molar-refractivity contribution in [1.82, 2.24) is 4.98 Å². The Morgan fingerprint density at radius 2 is 1.89 bits per heavy atom. The van der Waals surface area contributed by atoms with E-state index in [1.807, 2.05) is 30.3 Å². The largest absolute Gasteiger partial charge is 0.486 e. The summed E-state index contributed by atoms with van der Waals surface area (Å²) >= 11 is 5.83. The minimum atomic E-state index is 0.456. The Morgan fingerprint density at radius 3 is 2.72 bits per heavy atom. The number of fused-ring (bicyclic) bond motifs is 1. The van der Waals surface area contributed by atoms with Crippen molar-refractivity contribution in [2.75, 3.05) is 18.5 Å². The molecule has 18 heavy (non-hydrogen) atoms. The first-order valence-corrected chi connectivity index (χ1v) is 5.98. The molecule has 1 aromatic carbocycles. The molecule has 0 fully saturated rings. The summed E-state index contributed by atoms with van der Waals surface area (Å²) in [4.78, 5) is 4.16. The van der Waals surface area contributed by atoms with E-state index in [4.69, 9.17) is 21.1 Å². The molecule has 4 nitrogen and oxygen atoms in total. The molecule has 5 heteroatoms. The van der Waals surface area contributed by atoms with Crippen LogP contribution in [0.4, 0.5) is 11.5 Å². The summed E-state index contributed by atoms with van der Waals surface area (Å²) < 4.78 is 11.0. The Hall–Kier alpha value is -1.94. The molecule has 1 aromatic heterocycles. The normalized spacial score (nSPS) is 13.2. The molecule has 1 aliphatic rings. The second kappa shape index (κ2) is 4.74. The van der Waals surface area contributed by atoms with Gasteiger partial charge in [-0.3, -0.25) is 0 Å². The average molecular weight is 263 g/mol. The Kier molecular flexibility index (Phi) is 2.94. The van der Waals surface area contributed by atoms with E-state index in [-0.39, 0.29) is 0 Å². The molecule has 0 atom stereocenters. The minimum Gasteiger partial charge on any atom is -0.486 e. The van der Waals surface area contributed by atoms with Gasteiger partial charge in [0.2, 0.25) is 0 Å². The van der Waals surface area contributed by atoms with Crippen LogP contribution in [0.3, 0.4) is 0 Å². The summed E-state index contributed by atoms with van der Waals surface area (Å²) in [5, 5.41) is 3.62. The van der Waals surface area contributed by atoms with E-state index < -0.39 is 0 Å². The first kappa shape index (κ1) is 11.2. The summed E-state index contributed by atoms with van der Waals surface area (Å²) in [6, 6.07) is 11.1. The van der Waals surface area contributed by atoms with Gasteiger partial charge in [0, 0.05) is 11.8 Å². The molecule has 0 amide bonds. The lowest BCUT2D eigenvalue weighted by atomic mass is 10.2. The van der Waals surface area contributed by atoms with Crippen molar-refractivity contribution in [2.24, 2.45) is 0 Å². The number of rotatable bonds is 2. The second-order valence-corrected chi connectivity index (χ2v) is 4.22. The van der Waals surface area contributed by atoms with Crippen LogP contribution in [0.15, 0.2) is 36.4 Å². The van der Waals surface area contributed by atoms with Gasteiger partial charge in [0.1, 0.15) is 24.2 Å². The van der Waals surface area contributed by atoms with Crippen molar-refractivity contribution in [3.05, 3.63) is 41.6 Å². The molecular weight excluding hydrogens is 252 g/mol. The predicted molar refractivity (Wildman–Crippen MR) is 70.0 cm³/mol. The van der Waals surface area contributed by atoms with Crippen LogP contribution >= 0.6 is 11.6 Å². The highest BCUT2D eigenvalue weighted by Gasteiger charge is 2.11. The topological polar surface area (TPSA) is 43.4 Å². The van der Waals surface area contributed by atoms with Crippen molar-refractivity contribution in [3.63, 3.8) is 0 Å². The van der Waals surface area contributed by atoms with Gasteiger partial charge in [-0.25, -0.2) is 4.98 Å². The number of anilines is 2. The van der Waals surface area contributed by atoms with Crippen LogP contribution in [0.1, 0.15) is 0 Å². The van der Waals surface area contributed by atoms with Gasteiger partial charge < -0.3 is 14.8 Å². The molecule has 1 N–H and O–H groups in total. The third-order valence-corrected chi connectivity index (χ3v) is 2.74. The molecule has 92 valence electrons. The third kappa shape index (κ3) is 2.33. The lowest BCUT2D eigenvalue weighted by Gasteiger charge is -2.19. The fourth-order valence-electron chi connectivity index (χ4n) is 1.75. The number of nitrogens with zero attached hydrogens (tertiary/aromatic N) is 1.